The van der Waals surface area contributed by atoms with Gasteiger partial charge in [-0.05, 0) is 42.8 Å². The third-order valence-corrected chi connectivity index (χ3v) is 6.49. The maximum absolute atomic E-state index is 12.4. The Bertz CT molecular complexity index is 965. The van der Waals surface area contributed by atoms with Crippen LogP contribution in [-0.2, 0) is 13.0 Å². The Kier molecular flexibility index (Phi) is 10.3. The van der Waals surface area contributed by atoms with Crippen molar-refractivity contribution in [3.8, 4) is 0 Å². The molecule has 0 saturated heterocycles. The van der Waals surface area contributed by atoms with Crippen LogP contribution in [0.1, 0.15) is 80.9 Å². The van der Waals surface area contributed by atoms with Gasteiger partial charge in [-0.3, -0.25) is 4.79 Å². The van der Waals surface area contributed by atoms with Crippen LogP contribution in [0.4, 0.5) is 0 Å². The van der Waals surface area contributed by atoms with Crippen molar-refractivity contribution >= 4 is 32.9 Å². The van der Waals surface area contributed by atoms with Crippen molar-refractivity contribution < 1.29 is 4.79 Å². The molecule has 0 spiro atoms. The molecule has 0 aliphatic rings. The maximum Gasteiger partial charge on any atom is 0.251 e. The molecule has 32 heavy (non-hydrogen) atoms. The molecule has 1 aromatic heterocycles. The number of halogens is 1. The molecule has 1 heterocycles. The van der Waals surface area contributed by atoms with E-state index in [9.17, 15) is 4.79 Å². The second-order valence-corrected chi connectivity index (χ2v) is 9.43. The average molecular weight is 499 g/mol. The number of hydrogen-bond donors (Lipinski definition) is 1. The van der Waals surface area contributed by atoms with Gasteiger partial charge in [-0.15, -0.1) is 0 Å². The summed E-state index contributed by atoms with van der Waals surface area (Å²) in [7, 11) is 0. The van der Waals surface area contributed by atoms with Crippen LogP contribution >= 0.6 is 15.9 Å². The zero-order valence-corrected chi connectivity index (χ0v) is 20.9. The molecule has 0 bridgehead atoms. The number of hydrogen-bond acceptors (Lipinski definition) is 2. The van der Waals surface area contributed by atoms with Crippen molar-refractivity contribution in [1.82, 2.24) is 14.9 Å². The summed E-state index contributed by atoms with van der Waals surface area (Å²) in [6, 6.07) is 15.8. The summed E-state index contributed by atoms with van der Waals surface area (Å²) in [5.41, 5.74) is 2.91. The predicted molar refractivity (Wildman–Crippen MR) is 137 cm³/mol. The number of amides is 1. The Morgan fingerprint density at radius 1 is 0.906 bits per heavy atom. The van der Waals surface area contributed by atoms with E-state index in [-0.39, 0.29) is 5.91 Å². The van der Waals surface area contributed by atoms with E-state index < -0.39 is 0 Å². The number of unbranched alkanes of at least 4 members (excludes halogenated alkanes) is 8. The highest BCUT2D eigenvalue weighted by Gasteiger charge is 2.11. The summed E-state index contributed by atoms with van der Waals surface area (Å²) in [4.78, 5) is 17.3. The Morgan fingerprint density at radius 2 is 1.56 bits per heavy atom. The smallest absolute Gasteiger partial charge is 0.251 e. The fourth-order valence-corrected chi connectivity index (χ4v) is 4.40. The highest BCUT2D eigenvalue weighted by molar-refractivity contribution is 9.10. The van der Waals surface area contributed by atoms with Crippen LogP contribution in [0.2, 0.25) is 0 Å². The number of para-hydroxylation sites is 2. The van der Waals surface area contributed by atoms with E-state index >= 15 is 0 Å². The van der Waals surface area contributed by atoms with Gasteiger partial charge in [-0.25, -0.2) is 4.98 Å². The quantitative estimate of drug-likeness (QED) is 0.237. The van der Waals surface area contributed by atoms with Crippen LogP contribution in [0, 0.1) is 0 Å². The van der Waals surface area contributed by atoms with Crippen LogP contribution in [0.25, 0.3) is 11.0 Å². The Morgan fingerprint density at radius 3 is 2.28 bits per heavy atom. The van der Waals surface area contributed by atoms with E-state index in [0.29, 0.717) is 12.1 Å². The van der Waals surface area contributed by atoms with Gasteiger partial charge in [0.1, 0.15) is 5.82 Å². The molecule has 0 fully saturated rings. The highest BCUT2D eigenvalue weighted by Crippen LogP contribution is 2.18. The third-order valence-electron chi connectivity index (χ3n) is 5.96. The first-order chi connectivity index (χ1) is 15.7. The van der Waals surface area contributed by atoms with E-state index in [2.05, 4.69) is 50.9 Å². The lowest BCUT2D eigenvalue weighted by Crippen LogP contribution is -2.26. The summed E-state index contributed by atoms with van der Waals surface area (Å²) < 4.78 is 3.32. The van der Waals surface area contributed by atoms with Gasteiger partial charge in [0, 0.05) is 29.5 Å². The molecule has 0 unspecified atom stereocenters. The van der Waals surface area contributed by atoms with Crippen LogP contribution in [-0.4, -0.2) is 22.0 Å². The van der Waals surface area contributed by atoms with Crippen molar-refractivity contribution in [2.24, 2.45) is 0 Å². The molecule has 5 heteroatoms. The van der Waals surface area contributed by atoms with Crippen molar-refractivity contribution in [3.63, 3.8) is 0 Å². The van der Waals surface area contributed by atoms with Gasteiger partial charge < -0.3 is 9.88 Å². The summed E-state index contributed by atoms with van der Waals surface area (Å²) in [5.74, 6) is 1.01. The zero-order valence-electron chi connectivity index (χ0n) is 19.3. The second-order valence-electron chi connectivity index (χ2n) is 8.51. The number of carbonyl (C=O) groups excluding carboxylic acids is 1. The van der Waals surface area contributed by atoms with Gasteiger partial charge in [0.05, 0.1) is 11.0 Å². The summed E-state index contributed by atoms with van der Waals surface area (Å²) >= 11 is 3.41. The average Bonchev–Trinajstić information content (AvgIpc) is 3.15. The Hall–Kier alpha value is -2.14. The first kappa shape index (κ1) is 24.5. The number of fused-ring (bicyclic) bond motifs is 1. The molecule has 1 amide bonds. The van der Waals surface area contributed by atoms with Crippen LogP contribution in [0.15, 0.2) is 53.0 Å². The van der Waals surface area contributed by atoms with Gasteiger partial charge in [0.15, 0.2) is 0 Å². The topological polar surface area (TPSA) is 46.9 Å². The number of imidazole rings is 1. The number of aromatic nitrogens is 2. The van der Waals surface area contributed by atoms with Crippen LogP contribution < -0.4 is 5.32 Å². The van der Waals surface area contributed by atoms with Crippen molar-refractivity contribution in [2.45, 2.75) is 77.7 Å². The molecule has 172 valence electrons. The fraction of sp³-hybridized carbons (Fsp3) is 0.481. The minimum absolute atomic E-state index is 0.0425. The molecular formula is C27H36BrN3O. The molecular weight excluding hydrogens is 462 g/mol. The van der Waals surface area contributed by atoms with Crippen LogP contribution in [0.3, 0.4) is 0 Å². The standard InChI is InChI=1S/C27H36BrN3O/c1-2-3-4-5-6-7-8-9-12-21-31-25-14-11-10-13-24(25)30-26(31)19-20-29-27(32)22-15-17-23(28)18-16-22/h10-11,13-18H,2-9,12,19-21H2,1H3,(H,29,32). The number of aryl methyl sites for hydroxylation is 1. The monoisotopic (exact) mass is 497 g/mol. The molecule has 1 N–H and O–H groups in total. The number of rotatable bonds is 14. The van der Waals surface area contributed by atoms with E-state index in [1.165, 1.54) is 63.3 Å². The summed E-state index contributed by atoms with van der Waals surface area (Å²) in [6.07, 6.45) is 12.7. The molecule has 3 aromatic rings. The van der Waals surface area contributed by atoms with Gasteiger partial charge in [-0.1, -0.05) is 86.4 Å². The van der Waals surface area contributed by atoms with Gasteiger partial charge in [-0.2, -0.15) is 0 Å². The van der Waals surface area contributed by atoms with Crippen LogP contribution in [0.5, 0.6) is 0 Å². The molecule has 4 nitrogen and oxygen atoms in total. The molecule has 0 radical (unpaired) electrons. The largest absolute Gasteiger partial charge is 0.352 e. The van der Waals surface area contributed by atoms with E-state index in [0.717, 1.165) is 28.8 Å². The van der Waals surface area contributed by atoms with E-state index in [4.69, 9.17) is 4.98 Å². The first-order valence-electron chi connectivity index (χ1n) is 12.2. The molecule has 0 atom stereocenters. The lowest BCUT2D eigenvalue weighted by Gasteiger charge is -2.10. The maximum atomic E-state index is 12.4. The van der Waals surface area contributed by atoms with Gasteiger partial charge in [0.25, 0.3) is 5.91 Å². The number of nitrogens with zero attached hydrogens (tertiary/aromatic N) is 2. The third kappa shape index (κ3) is 7.47. The second kappa shape index (κ2) is 13.4. The molecule has 0 aliphatic carbocycles. The van der Waals surface area contributed by atoms with Crippen molar-refractivity contribution in [2.75, 3.05) is 6.54 Å². The lowest BCUT2D eigenvalue weighted by molar-refractivity contribution is 0.0954. The Labute approximate surface area is 200 Å². The van der Waals surface area contributed by atoms with E-state index in [1.807, 2.05) is 30.3 Å². The summed E-state index contributed by atoms with van der Waals surface area (Å²) in [6.45, 7) is 3.84. The lowest BCUT2D eigenvalue weighted by atomic mass is 10.1. The number of benzene rings is 2. The summed E-state index contributed by atoms with van der Waals surface area (Å²) in [5, 5.41) is 3.04. The normalized spacial score (nSPS) is 11.2. The number of nitrogens with one attached hydrogen (secondary N) is 1. The molecule has 3 rings (SSSR count). The molecule has 0 saturated carbocycles. The van der Waals surface area contributed by atoms with Crippen molar-refractivity contribution in [1.29, 1.82) is 0 Å². The van der Waals surface area contributed by atoms with Gasteiger partial charge in [0.2, 0.25) is 0 Å². The molecule has 0 aliphatic heterocycles. The first-order valence-corrected chi connectivity index (χ1v) is 13.0. The zero-order chi connectivity index (χ0) is 22.6. The van der Waals surface area contributed by atoms with Crippen molar-refractivity contribution in [3.05, 3.63) is 64.4 Å². The highest BCUT2D eigenvalue weighted by atomic mass is 79.9. The van der Waals surface area contributed by atoms with Gasteiger partial charge >= 0.3 is 0 Å². The fourth-order valence-electron chi connectivity index (χ4n) is 4.14. The Balaban J connectivity index is 1.49. The number of carbonyl (C=O) groups is 1. The SMILES string of the molecule is CCCCCCCCCCCn1c(CCNC(=O)c2ccc(Br)cc2)nc2ccccc21. The minimum Gasteiger partial charge on any atom is -0.352 e. The minimum atomic E-state index is -0.0425. The van der Waals surface area contributed by atoms with E-state index in [1.54, 1.807) is 0 Å². The molecule has 2 aromatic carbocycles. The predicted octanol–water partition coefficient (Wildman–Crippen LogP) is 7.30.